The molecule has 0 saturated carbocycles. The van der Waals surface area contributed by atoms with E-state index in [1.54, 1.807) is 24.3 Å². The molecule has 7 heteroatoms. The van der Waals surface area contributed by atoms with Crippen molar-refractivity contribution in [2.24, 2.45) is 0 Å². The van der Waals surface area contributed by atoms with Crippen LogP contribution in [0.1, 0.15) is 69.9 Å². The Kier molecular flexibility index (Phi) is 6.87. The van der Waals surface area contributed by atoms with Gasteiger partial charge in [0.25, 0.3) is 0 Å². The van der Waals surface area contributed by atoms with E-state index < -0.39 is 18.3 Å². The maximum absolute atomic E-state index is 14.0. The van der Waals surface area contributed by atoms with Crippen LogP contribution in [-0.2, 0) is 0 Å². The number of nitrogens with one attached hydrogen (secondary N) is 1. The Bertz CT molecular complexity index is 1350. The standard InChI is InChI=1S/C30H28F3N3O/c1-20-12-14-22(15-13-20)24(21-8-4-2-5-9-21)16-17-27(37)25-19-34-36-28(30(31,32)33)18-26(35-29(25)36)23-10-6-3-7-11-23/h2-15,19,24,26,28,35H,16-18H2,1H3. The molecule has 4 nitrogen and oxygen atoms in total. The van der Waals surface area contributed by atoms with Gasteiger partial charge in [-0.15, -0.1) is 0 Å². The van der Waals surface area contributed by atoms with Gasteiger partial charge in [0, 0.05) is 18.8 Å². The van der Waals surface area contributed by atoms with Crippen molar-refractivity contribution in [1.82, 2.24) is 9.78 Å². The van der Waals surface area contributed by atoms with E-state index in [2.05, 4.69) is 22.5 Å². The first kappa shape index (κ1) is 24.8. The maximum atomic E-state index is 14.0. The van der Waals surface area contributed by atoms with Gasteiger partial charge < -0.3 is 5.32 Å². The highest BCUT2D eigenvalue weighted by molar-refractivity contribution is 6.00. The van der Waals surface area contributed by atoms with Gasteiger partial charge in [-0.3, -0.25) is 4.79 Å². The molecule has 0 saturated heterocycles. The summed E-state index contributed by atoms with van der Waals surface area (Å²) in [5, 5.41) is 7.20. The van der Waals surface area contributed by atoms with Crippen LogP contribution in [0.5, 0.6) is 0 Å². The molecule has 37 heavy (non-hydrogen) atoms. The predicted octanol–water partition coefficient (Wildman–Crippen LogP) is 7.65. The zero-order chi connectivity index (χ0) is 26.0. The molecule has 3 aromatic carbocycles. The number of anilines is 1. The van der Waals surface area contributed by atoms with Crippen molar-refractivity contribution < 1.29 is 18.0 Å². The minimum Gasteiger partial charge on any atom is -0.363 e. The summed E-state index contributed by atoms with van der Waals surface area (Å²) in [6.07, 6.45) is -2.69. The SMILES string of the molecule is Cc1ccc(C(CCC(=O)c2cnn3c2NC(c2ccccc2)CC3C(F)(F)F)c2ccccc2)cc1. The lowest BCUT2D eigenvalue weighted by Crippen LogP contribution is -2.36. The number of Topliss-reactive ketones (excluding diaryl/α,β-unsaturated/α-hetero) is 1. The third-order valence-corrected chi connectivity index (χ3v) is 7.08. The topological polar surface area (TPSA) is 46.9 Å². The molecule has 5 rings (SSSR count). The molecule has 1 N–H and O–H groups in total. The lowest BCUT2D eigenvalue weighted by molar-refractivity contribution is -0.173. The quantitative estimate of drug-likeness (QED) is 0.264. The number of aryl methyl sites for hydroxylation is 1. The molecule has 0 spiro atoms. The van der Waals surface area contributed by atoms with E-state index >= 15 is 0 Å². The van der Waals surface area contributed by atoms with Crippen LogP contribution in [0.25, 0.3) is 0 Å². The largest absolute Gasteiger partial charge is 0.410 e. The Balaban J connectivity index is 1.42. The van der Waals surface area contributed by atoms with Crippen molar-refractivity contribution >= 4 is 11.6 Å². The summed E-state index contributed by atoms with van der Waals surface area (Å²) in [4.78, 5) is 13.4. The fourth-order valence-corrected chi connectivity index (χ4v) is 5.09. The van der Waals surface area contributed by atoms with E-state index in [9.17, 15) is 18.0 Å². The Labute approximate surface area is 214 Å². The number of aromatic nitrogens is 2. The predicted molar refractivity (Wildman–Crippen MR) is 138 cm³/mol. The van der Waals surface area contributed by atoms with Gasteiger partial charge in [0.15, 0.2) is 11.8 Å². The molecular formula is C30H28F3N3O. The molecule has 1 aliphatic rings. The Morgan fingerprint density at radius 3 is 2.24 bits per heavy atom. The van der Waals surface area contributed by atoms with Gasteiger partial charge in [0.05, 0.1) is 17.8 Å². The third-order valence-electron chi connectivity index (χ3n) is 7.08. The number of ketones is 1. The molecule has 0 aliphatic carbocycles. The van der Waals surface area contributed by atoms with Crippen molar-refractivity contribution in [1.29, 1.82) is 0 Å². The summed E-state index contributed by atoms with van der Waals surface area (Å²) < 4.78 is 42.9. The molecule has 4 aromatic rings. The van der Waals surface area contributed by atoms with Crippen LogP contribution < -0.4 is 5.32 Å². The van der Waals surface area contributed by atoms with Crippen LogP contribution in [0.2, 0.25) is 0 Å². The van der Waals surface area contributed by atoms with Crippen molar-refractivity contribution in [3.8, 4) is 0 Å². The van der Waals surface area contributed by atoms with Gasteiger partial charge in [0.2, 0.25) is 0 Å². The van der Waals surface area contributed by atoms with Crippen LogP contribution in [0.4, 0.5) is 19.0 Å². The highest BCUT2D eigenvalue weighted by Gasteiger charge is 2.47. The molecule has 1 aromatic heterocycles. The third kappa shape index (κ3) is 5.31. The van der Waals surface area contributed by atoms with Crippen LogP contribution in [-0.4, -0.2) is 21.7 Å². The molecule has 190 valence electrons. The second-order valence-electron chi connectivity index (χ2n) is 9.59. The first-order valence-corrected chi connectivity index (χ1v) is 12.4. The smallest absolute Gasteiger partial charge is 0.363 e. The van der Waals surface area contributed by atoms with Gasteiger partial charge in [-0.2, -0.15) is 18.3 Å². The summed E-state index contributed by atoms with van der Waals surface area (Å²) in [6.45, 7) is 2.03. The molecule has 3 unspecified atom stereocenters. The minimum atomic E-state index is -4.49. The maximum Gasteiger partial charge on any atom is 0.410 e. The van der Waals surface area contributed by atoms with Gasteiger partial charge in [-0.05, 0) is 30.0 Å². The van der Waals surface area contributed by atoms with Crippen molar-refractivity contribution in [2.75, 3.05) is 5.32 Å². The van der Waals surface area contributed by atoms with E-state index in [0.717, 1.165) is 26.9 Å². The number of hydrogen-bond donors (Lipinski definition) is 1. The van der Waals surface area contributed by atoms with Gasteiger partial charge >= 0.3 is 6.18 Å². The number of benzene rings is 3. The Hall–Kier alpha value is -3.87. The lowest BCUT2D eigenvalue weighted by Gasteiger charge is -2.34. The second kappa shape index (κ2) is 10.2. The number of hydrogen-bond acceptors (Lipinski definition) is 3. The number of carbonyl (C=O) groups is 1. The summed E-state index contributed by atoms with van der Waals surface area (Å²) in [6, 6.07) is 24.8. The zero-order valence-corrected chi connectivity index (χ0v) is 20.5. The number of carbonyl (C=O) groups excluding carboxylic acids is 1. The molecule has 0 bridgehead atoms. The van der Waals surface area contributed by atoms with Crippen molar-refractivity contribution in [2.45, 2.75) is 50.4 Å². The van der Waals surface area contributed by atoms with E-state index in [1.807, 2.05) is 55.5 Å². The molecule has 0 amide bonds. The Morgan fingerprint density at radius 1 is 0.973 bits per heavy atom. The average Bonchev–Trinajstić information content (AvgIpc) is 3.34. The van der Waals surface area contributed by atoms with E-state index in [-0.39, 0.29) is 35.9 Å². The highest BCUT2D eigenvalue weighted by atomic mass is 19.4. The first-order chi connectivity index (χ1) is 17.8. The summed E-state index contributed by atoms with van der Waals surface area (Å²) in [7, 11) is 0. The van der Waals surface area contributed by atoms with Gasteiger partial charge in [-0.25, -0.2) is 4.68 Å². The number of halogens is 3. The van der Waals surface area contributed by atoms with E-state index in [1.165, 1.54) is 6.20 Å². The summed E-state index contributed by atoms with van der Waals surface area (Å²) in [5.74, 6) is -0.0967. The van der Waals surface area contributed by atoms with E-state index in [4.69, 9.17) is 0 Å². The van der Waals surface area contributed by atoms with Crippen molar-refractivity contribution in [3.05, 3.63) is 119 Å². The molecule has 3 atom stereocenters. The van der Waals surface area contributed by atoms with Crippen LogP contribution >= 0.6 is 0 Å². The monoisotopic (exact) mass is 503 g/mol. The fourth-order valence-electron chi connectivity index (χ4n) is 5.09. The van der Waals surface area contributed by atoms with Crippen LogP contribution in [0.3, 0.4) is 0 Å². The number of nitrogens with zero attached hydrogens (tertiary/aromatic N) is 2. The average molecular weight is 504 g/mol. The number of rotatable bonds is 7. The zero-order valence-electron chi connectivity index (χ0n) is 20.5. The van der Waals surface area contributed by atoms with Gasteiger partial charge in [0.1, 0.15) is 5.82 Å². The highest BCUT2D eigenvalue weighted by Crippen LogP contribution is 2.44. The number of alkyl halides is 3. The molecule has 2 heterocycles. The number of fused-ring (bicyclic) bond motifs is 1. The summed E-state index contributed by atoms with van der Waals surface area (Å²) >= 11 is 0. The van der Waals surface area contributed by atoms with E-state index in [0.29, 0.717) is 6.42 Å². The van der Waals surface area contributed by atoms with Gasteiger partial charge in [-0.1, -0.05) is 90.5 Å². The van der Waals surface area contributed by atoms with Crippen molar-refractivity contribution in [3.63, 3.8) is 0 Å². The normalized spacial score (nSPS) is 18.1. The molecule has 0 fully saturated rings. The molecule has 0 radical (unpaired) electrons. The first-order valence-electron chi connectivity index (χ1n) is 12.4. The lowest BCUT2D eigenvalue weighted by atomic mass is 9.86. The second-order valence-corrected chi connectivity index (χ2v) is 9.59. The van der Waals surface area contributed by atoms with Crippen LogP contribution in [0.15, 0.2) is 91.1 Å². The Morgan fingerprint density at radius 2 is 1.59 bits per heavy atom. The summed E-state index contributed by atoms with van der Waals surface area (Å²) in [5.41, 5.74) is 4.28. The van der Waals surface area contributed by atoms with Crippen LogP contribution in [0, 0.1) is 6.92 Å². The molecular weight excluding hydrogens is 475 g/mol. The molecule has 1 aliphatic heterocycles. The fraction of sp³-hybridized carbons (Fsp3) is 0.267. The minimum absolute atomic E-state index is 0.00917.